The standard InChI is InChI=1S/C51H33N5/c1-4-17-33(18-5-1)49-52-50(34-19-6-2-7-20-34)54-51(53-49)56-45-36-23-11-10-16-32(36)28-29-41(45)42-30-31-43-44-39-26-14-12-24-37(39)38-25-13-15-27-40(38)46(44)55(48(43)47(42)56)35-21-8-3-9-22-35/h1-31,49H,(H,52,53,54). The fourth-order valence-corrected chi connectivity index (χ4v) is 9.13. The number of nitrogens with one attached hydrogen (secondary N) is 1. The number of benzene rings is 9. The minimum Gasteiger partial charge on any atom is -0.344 e. The summed E-state index contributed by atoms with van der Waals surface area (Å²) in [4.78, 5) is 11.0. The quantitative estimate of drug-likeness (QED) is 0.182. The molecule has 2 aromatic heterocycles. The minimum atomic E-state index is -0.353. The molecule has 5 nitrogen and oxygen atoms in total. The van der Waals surface area contributed by atoms with Gasteiger partial charge in [0.2, 0.25) is 5.96 Å². The van der Waals surface area contributed by atoms with Crippen LogP contribution in [0.15, 0.2) is 198 Å². The van der Waals surface area contributed by atoms with Crippen molar-refractivity contribution in [2.45, 2.75) is 6.17 Å². The topological polar surface area (TPSA) is 46.6 Å². The van der Waals surface area contributed by atoms with Crippen molar-refractivity contribution in [3.8, 4) is 5.69 Å². The van der Waals surface area contributed by atoms with Crippen LogP contribution in [0, 0.1) is 0 Å². The maximum Gasteiger partial charge on any atom is 0.234 e. The van der Waals surface area contributed by atoms with Gasteiger partial charge in [-0.25, -0.2) is 4.99 Å². The van der Waals surface area contributed by atoms with Crippen LogP contribution in [0.1, 0.15) is 17.3 Å². The van der Waals surface area contributed by atoms with Crippen molar-refractivity contribution >= 4 is 87.7 Å². The summed E-state index contributed by atoms with van der Waals surface area (Å²) in [6.45, 7) is 0. The fourth-order valence-electron chi connectivity index (χ4n) is 9.13. The van der Waals surface area contributed by atoms with Gasteiger partial charge in [0.25, 0.3) is 0 Å². The lowest BCUT2D eigenvalue weighted by atomic mass is 9.96. The molecule has 12 rings (SSSR count). The second kappa shape index (κ2) is 12.0. The van der Waals surface area contributed by atoms with Crippen LogP contribution in [-0.2, 0) is 0 Å². The molecule has 56 heavy (non-hydrogen) atoms. The van der Waals surface area contributed by atoms with Gasteiger partial charge in [-0.15, -0.1) is 0 Å². The van der Waals surface area contributed by atoms with Crippen molar-refractivity contribution in [1.29, 1.82) is 0 Å². The maximum atomic E-state index is 5.51. The summed E-state index contributed by atoms with van der Waals surface area (Å²) in [6, 6.07) is 67.2. The van der Waals surface area contributed by atoms with E-state index in [1.807, 2.05) is 6.07 Å². The van der Waals surface area contributed by atoms with Crippen LogP contribution in [-0.4, -0.2) is 20.9 Å². The van der Waals surface area contributed by atoms with Gasteiger partial charge in [-0.1, -0.05) is 176 Å². The molecule has 0 radical (unpaired) electrons. The van der Waals surface area contributed by atoms with E-state index in [0.29, 0.717) is 5.96 Å². The van der Waals surface area contributed by atoms with E-state index >= 15 is 0 Å². The number of para-hydroxylation sites is 1. The van der Waals surface area contributed by atoms with Crippen LogP contribution < -0.4 is 5.32 Å². The summed E-state index contributed by atoms with van der Waals surface area (Å²) in [5.74, 6) is 1.42. The van der Waals surface area contributed by atoms with Gasteiger partial charge in [-0.2, -0.15) is 4.99 Å². The van der Waals surface area contributed by atoms with E-state index in [9.17, 15) is 0 Å². The van der Waals surface area contributed by atoms with E-state index in [0.717, 1.165) is 55.4 Å². The van der Waals surface area contributed by atoms with Crippen molar-refractivity contribution in [2.24, 2.45) is 9.98 Å². The van der Waals surface area contributed by atoms with Gasteiger partial charge in [0.05, 0.1) is 22.1 Å². The molecule has 9 aromatic carbocycles. The third kappa shape index (κ3) is 4.42. The SMILES string of the molecule is c1ccc(C2=NC(n3c4c5ccccc5ccc4c4ccc5c6c7ccccc7c7ccccc7c6n(-c6ccccc6)c5c43)=NC(c3ccccc3)N2)cc1. The zero-order chi connectivity index (χ0) is 36.7. The number of nitrogens with zero attached hydrogens (tertiary/aromatic N) is 4. The number of aromatic nitrogens is 2. The van der Waals surface area contributed by atoms with Crippen molar-refractivity contribution in [3.05, 3.63) is 199 Å². The predicted molar refractivity (Wildman–Crippen MR) is 234 cm³/mol. The highest BCUT2D eigenvalue weighted by Crippen LogP contribution is 2.46. The second-order valence-electron chi connectivity index (χ2n) is 14.6. The number of hydrogen-bond donors (Lipinski definition) is 1. The first-order chi connectivity index (χ1) is 27.8. The Morgan fingerprint density at radius 2 is 0.929 bits per heavy atom. The summed E-state index contributed by atoms with van der Waals surface area (Å²) in [6.07, 6.45) is -0.353. The maximum absolute atomic E-state index is 5.51. The zero-order valence-corrected chi connectivity index (χ0v) is 30.3. The van der Waals surface area contributed by atoms with Crippen LogP contribution in [0.2, 0.25) is 0 Å². The monoisotopic (exact) mass is 715 g/mol. The Morgan fingerprint density at radius 3 is 1.70 bits per heavy atom. The molecule has 0 saturated heterocycles. The van der Waals surface area contributed by atoms with Gasteiger partial charge < -0.3 is 9.88 Å². The normalized spacial score (nSPS) is 14.6. The molecule has 0 fully saturated rings. The molecule has 262 valence electrons. The summed E-state index contributed by atoms with van der Waals surface area (Å²) in [7, 11) is 0. The molecule has 5 heteroatoms. The minimum absolute atomic E-state index is 0.353. The summed E-state index contributed by atoms with van der Waals surface area (Å²) >= 11 is 0. The molecule has 1 atom stereocenters. The van der Waals surface area contributed by atoms with Crippen LogP contribution in [0.25, 0.3) is 81.6 Å². The zero-order valence-electron chi connectivity index (χ0n) is 30.3. The van der Waals surface area contributed by atoms with E-state index in [2.05, 4.69) is 196 Å². The molecule has 0 bridgehead atoms. The molecule has 1 aliphatic rings. The Balaban J connectivity index is 1.34. The number of fused-ring (bicyclic) bond motifs is 14. The summed E-state index contributed by atoms with van der Waals surface area (Å²) in [5.41, 5.74) is 7.66. The van der Waals surface area contributed by atoms with Crippen molar-refractivity contribution < 1.29 is 0 Å². The first kappa shape index (κ1) is 30.9. The van der Waals surface area contributed by atoms with Gasteiger partial charge in [0.15, 0.2) is 0 Å². The van der Waals surface area contributed by atoms with Crippen LogP contribution >= 0.6 is 0 Å². The molecular formula is C51H33N5. The lowest BCUT2D eigenvalue weighted by Gasteiger charge is -2.24. The first-order valence-electron chi connectivity index (χ1n) is 19.1. The van der Waals surface area contributed by atoms with E-state index in [1.54, 1.807) is 0 Å². The molecule has 0 spiro atoms. The number of rotatable bonds is 3. The van der Waals surface area contributed by atoms with Gasteiger partial charge in [-0.3, -0.25) is 4.57 Å². The van der Waals surface area contributed by atoms with E-state index in [-0.39, 0.29) is 6.17 Å². The average Bonchev–Trinajstić information content (AvgIpc) is 3.81. The van der Waals surface area contributed by atoms with E-state index < -0.39 is 0 Å². The number of amidine groups is 1. The van der Waals surface area contributed by atoms with Crippen LogP contribution in [0.5, 0.6) is 0 Å². The Bertz CT molecular complexity index is 3430. The van der Waals surface area contributed by atoms with E-state index in [4.69, 9.17) is 9.98 Å². The molecular weight excluding hydrogens is 683 g/mol. The molecule has 11 aromatic rings. The number of aliphatic imine (C=N–C) groups is 2. The lowest BCUT2D eigenvalue weighted by molar-refractivity contribution is 0.668. The first-order valence-corrected chi connectivity index (χ1v) is 19.1. The summed E-state index contributed by atoms with van der Waals surface area (Å²) < 4.78 is 4.86. The van der Waals surface area contributed by atoms with Gasteiger partial charge in [0, 0.05) is 43.6 Å². The average molecular weight is 716 g/mol. The fraction of sp³-hybridized carbons (Fsp3) is 0.0196. The molecule has 1 unspecified atom stereocenters. The van der Waals surface area contributed by atoms with Gasteiger partial charge in [0.1, 0.15) is 12.0 Å². The molecule has 0 amide bonds. The van der Waals surface area contributed by atoms with Crippen molar-refractivity contribution in [3.63, 3.8) is 0 Å². The Hall–Kier alpha value is -7.50. The largest absolute Gasteiger partial charge is 0.344 e. The van der Waals surface area contributed by atoms with Crippen LogP contribution in [0.3, 0.4) is 0 Å². The Labute approximate surface area is 322 Å². The molecule has 1 N–H and O–H groups in total. The van der Waals surface area contributed by atoms with Crippen LogP contribution in [0.4, 0.5) is 0 Å². The highest BCUT2D eigenvalue weighted by atomic mass is 15.3. The lowest BCUT2D eigenvalue weighted by Crippen LogP contribution is -2.35. The molecule has 1 aliphatic heterocycles. The Morgan fingerprint density at radius 1 is 0.393 bits per heavy atom. The molecule has 0 saturated carbocycles. The van der Waals surface area contributed by atoms with Crippen molar-refractivity contribution in [2.75, 3.05) is 0 Å². The van der Waals surface area contributed by atoms with Crippen molar-refractivity contribution in [1.82, 2.24) is 14.5 Å². The molecule has 0 aliphatic carbocycles. The van der Waals surface area contributed by atoms with Gasteiger partial charge in [-0.05, 0) is 39.2 Å². The highest BCUT2D eigenvalue weighted by Gasteiger charge is 2.28. The third-order valence-corrected chi connectivity index (χ3v) is 11.5. The second-order valence-corrected chi connectivity index (χ2v) is 14.6. The van der Waals surface area contributed by atoms with Gasteiger partial charge >= 0.3 is 0 Å². The molecule has 3 heterocycles. The Kier molecular flexibility index (Phi) is 6.63. The third-order valence-electron chi connectivity index (χ3n) is 11.5. The highest BCUT2D eigenvalue weighted by molar-refractivity contribution is 6.36. The van der Waals surface area contributed by atoms with E-state index in [1.165, 1.54) is 43.2 Å². The number of hydrogen-bond acceptors (Lipinski definition) is 3. The smallest absolute Gasteiger partial charge is 0.234 e. The summed E-state index contributed by atoms with van der Waals surface area (Å²) in [5, 5.41) is 15.7. The predicted octanol–water partition coefficient (Wildman–Crippen LogP) is 12.3.